The molecular formula is C25H20N4O5. The number of hydrogen-bond acceptors (Lipinski definition) is 8. The van der Waals surface area contributed by atoms with Crippen LogP contribution in [-0.2, 0) is 0 Å². The smallest absolute Gasteiger partial charge is 0.229 e. The maximum Gasteiger partial charge on any atom is 0.229 e. The third kappa shape index (κ3) is 3.20. The highest BCUT2D eigenvalue weighted by Crippen LogP contribution is 2.50. The first kappa shape index (κ1) is 21.0. The topological polar surface area (TPSA) is 129 Å². The third-order valence-electron chi connectivity index (χ3n) is 5.64. The number of furan rings is 1. The van der Waals surface area contributed by atoms with Gasteiger partial charge in [-0.15, -0.1) is 0 Å². The van der Waals surface area contributed by atoms with Gasteiger partial charge in [-0.25, -0.2) is 0 Å². The van der Waals surface area contributed by atoms with Crippen LogP contribution in [0.25, 0.3) is 17.1 Å². The lowest BCUT2D eigenvalue weighted by Crippen LogP contribution is -2.22. The summed E-state index contributed by atoms with van der Waals surface area (Å²) in [6.07, 6.45) is 1.55. The molecule has 0 amide bonds. The van der Waals surface area contributed by atoms with Gasteiger partial charge in [-0.2, -0.15) is 15.0 Å². The zero-order chi connectivity index (χ0) is 23.8. The van der Waals surface area contributed by atoms with E-state index >= 15 is 0 Å². The molecule has 0 radical (unpaired) electrons. The highest BCUT2D eigenvalue weighted by molar-refractivity contribution is 5.70. The molecule has 2 aromatic heterocycles. The van der Waals surface area contributed by atoms with Crippen molar-refractivity contribution in [2.24, 2.45) is 5.73 Å². The van der Waals surface area contributed by atoms with Crippen molar-refractivity contribution in [1.29, 1.82) is 5.26 Å². The normalized spacial score (nSPS) is 14.8. The zero-order valence-corrected chi connectivity index (χ0v) is 18.4. The molecule has 0 spiro atoms. The predicted octanol–water partition coefficient (Wildman–Crippen LogP) is 4.07. The molecule has 2 aromatic carbocycles. The summed E-state index contributed by atoms with van der Waals surface area (Å²) in [6, 6.07) is 18.4. The largest absolute Gasteiger partial charge is 0.502 e. The van der Waals surface area contributed by atoms with Crippen LogP contribution in [0.5, 0.6) is 23.1 Å². The van der Waals surface area contributed by atoms with Crippen molar-refractivity contribution in [3.8, 4) is 46.3 Å². The van der Waals surface area contributed by atoms with E-state index in [1.807, 2.05) is 30.3 Å². The van der Waals surface area contributed by atoms with Gasteiger partial charge in [0.05, 0.1) is 37.7 Å². The van der Waals surface area contributed by atoms with Crippen LogP contribution in [0.4, 0.5) is 0 Å². The van der Waals surface area contributed by atoms with Crippen molar-refractivity contribution in [2.45, 2.75) is 5.92 Å². The van der Waals surface area contributed by atoms with Crippen molar-refractivity contribution in [2.75, 3.05) is 14.2 Å². The summed E-state index contributed by atoms with van der Waals surface area (Å²) in [4.78, 5) is 0. The number of aromatic nitrogens is 2. The van der Waals surface area contributed by atoms with Crippen molar-refractivity contribution in [3.63, 3.8) is 0 Å². The van der Waals surface area contributed by atoms with Gasteiger partial charge in [-0.3, -0.25) is 0 Å². The van der Waals surface area contributed by atoms with Crippen LogP contribution >= 0.6 is 0 Å². The Morgan fingerprint density at radius 3 is 2.38 bits per heavy atom. The number of rotatable bonds is 5. The van der Waals surface area contributed by atoms with E-state index < -0.39 is 5.92 Å². The van der Waals surface area contributed by atoms with Crippen LogP contribution in [0, 0.1) is 11.3 Å². The fraction of sp³-hybridized carbons (Fsp3) is 0.120. The summed E-state index contributed by atoms with van der Waals surface area (Å²) in [5.74, 6) is 0.327. The van der Waals surface area contributed by atoms with E-state index in [2.05, 4.69) is 6.07 Å². The summed E-state index contributed by atoms with van der Waals surface area (Å²) in [5.41, 5.74) is 8.82. The Labute approximate surface area is 194 Å². The average molecular weight is 456 g/mol. The number of methoxy groups -OCH3 is 2. The van der Waals surface area contributed by atoms with Crippen LogP contribution in [0.1, 0.15) is 17.0 Å². The van der Waals surface area contributed by atoms with Gasteiger partial charge in [0.25, 0.3) is 0 Å². The van der Waals surface area contributed by atoms with Gasteiger partial charge in [0.2, 0.25) is 17.5 Å². The van der Waals surface area contributed by atoms with E-state index in [4.69, 9.17) is 29.5 Å². The Balaban J connectivity index is 1.84. The lowest BCUT2D eigenvalue weighted by molar-refractivity contribution is 0.338. The molecule has 1 aliphatic rings. The van der Waals surface area contributed by atoms with Gasteiger partial charge in [-0.1, -0.05) is 18.2 Å². The molecular weight excluding hydrogens is 436 g/mol. The number of nitrogens with two attached hydrogens (primary N) is 1. The first-order chi connectivity index (χ1) is 16.6. The number of phenols is 1. The predicted molar refractivity (Wildman–Crippen MR) is 122 cm³/mol. The van der Waals surface area contributed by atoms with Crippen molar-refractivity contribution < 1.29 is 23.7 Å². The Morgan fingerprint density at radius 2 is 1.79 bits per heavy atom. The SMILES string of the molecule is COc1cc([C@H]2C(C#N)=C(N)Oc3c2c(-c2ccco2)nn3-c2ccccc2)cc(OC)c1O. The highest BCUT2D eigenvalue weighted by Gasteiger charge is 2.39. The second-order valence-electron chi connectivity index (χ2n) is 7.49. The molecule has 9 heteroatoms. The second-order valence-corrected chi connectivity index (χ2v) is 7.49. The Kier molecular flexibility index (Phi) is 5.11. The number of benzene rings is 2. The molecule has 0 unspecified atom stereocenters. The number of nitrogens with zero attached hydrogens (tertiary/aromatic N) is 3. The quantitative estimate of drug-likeness (QED) is 0.460. The minimum absolute atomic E-state index is 0.0471. The maximum absolute atomic E-state index is 10.4. The number of hydrogen-bond donors (Lipinski definition) is 2. The summed E-state index contributed by atoms with van der Waals surface area (Å²) in [7, 11) is 2.87. The molecule has 3 N–H and O–H groups in total. The van der Waals surface area contributed by atoms with Gasteiger partial charge >= 0.3 is 0 Å². The van der Waals surface area contributed by atoms with Crippen LogP contribution in [0.3, 0.4) is 0 Å². The first-order valence-electron chi connectivity index (χ1n) is 10.3. The van der Waals surface area contributed by atoms with Gasteiger partial charge in [0, 0.05) is 0 Å². The van der Waals surface area contributed by atoms with E-state index in [1.165, 1.54) is 14.2 Å². The standard InChI is InChI=1S/C25H20N4O5/c1-31-18-11-14(12-19(32-2)23(18)30)20-16(13-26)24(27)34-25-21(20)22(17-9-6-10-33-17)28-29(25)15-7-4-3-5-8-15/h3-12,20,30H,27H2,1-2H3/t20-/m0/s1. The van der Waals surface area contributed by atoms with E-state index in [1.54, 1.807) is 35.2 Å². The minimum atomic E-state index is -0.699. The number of para-hydroxylation sites is 1. The summed E-state index contributed by atoms with van der Waals surface area (Å²) in [5, 5.41) is 25.3. The monoisotopic (exact) mass is 456 g/mol. The number of nitriles is 1. The van der Waals surface area contributed by atoms with Gasteiger partial charge in [0.1, 0.15) is 17.3 Å². The Morgan fingerprint density at radius 1 is 1.09 bits per heavy atom. The molecule has 0 aliphatic carbocycles. The van der Waals surface area contributed by atoms with E-state index in [0.29, 0.717) is 28.5 Å². The average Bonchev–Trinajstić information content (AvgIpc) is 3.52. The van der Waals surface area contributed by atoms with E-state index in [-0.39, 0.29) is 28.7 Å². The van der Waals surface area contributed by atoms with Crippen LogP contribution < -0.4 is 19.9 Å². The first-order valence-corrected chi connectivity index (χ1v) is 10.3. The van der Waals surface area contributed by atoms with Gasteiger partial charge in [0.15, 0.2) is 17.3 Å². The van der Waals surface area contributed by atoms with Crippen LogP contribution in [0.15, 0.2) is 76.7 Å². The molecule has 0 bridgehead atoms. The van der Waals surface area contributed by atoms with Crippen molar-refractivity contribution in [1.82, 2.24) is 9.78 Å². The third-order valence-corrected chi connectivity index (χ3v) is 5.64. The Bertz CT molecular complexity index is 1410. The summed E-state index contributed by atoms with van der Waals surface area (Å²) < 4.78 is 24.0. The molecule has 34 heavy (non-hydrogen) atoms. The lowest BCUT2D eigenvalue weighted by atomic mass is 9.83. The molecule has 9 nitrogen and oxygen atoms in total. The number of fused-ring (bicyclic) bond motifs is 1. The van der Waals surface area contributed by atoms with Gasteiger partial charge < -0.3 is 29.5 Å². The zero-order valence-electron chi connectivity index (χ0n) is 18.4. The Hall–Kier alpha value is -4.84. The molecule has 170 valence electrons. The number of phenolic OH excluding ortho intramolecular Hbond substituents is 1. The summed E-state index contributed by atoms with van der Waals surface area (Å²) in [6.45, 7) is 0. The summed E-state index contributed by atoms with van der Waals surface area (Å²) >= 11 is 0. The van der Waals surface area contributed by atoms with E-state index in [0.717, 1.165) is 5.69 Å². The maximum atomic E-state index is 10.4. The molecule has 0 saturated carbocycles. The van der Waals surface area contributed by atoms with E-state index in [9.17, 15) is 10.4 Å². The molecule has 0 fully saturated rings. The number of ether oxygens (including phenoxy) is 3. The fourth-order valence-corrected chi connectivity index (χ4v) is 4.09. The molecule has 1 atom stereocenters. The molecule has 4 aromatic rings. The minimum Gasteiger partial charge on any atom is -0.502 e. The van der Waals surface area contributed by atoms with Crippen molar-refractivity contribution >= 4 is 0 Å². The van der Waals surface area contributed by atoms with Gasteiger partial charge in [-0.05, 0) is 42.0 Å². The molecule has 1 aliphatic heterocycles. The van der Waals surface area contributed by atoms with Crippen LogP contribution in [-0.4, -0.2) is 29.1 Å². The molecule has 5 rings (SSSR count). The van der Waals surface area contributed by atoms with Crippen molar-refractivity contribution in [3.05, 3.63) is 83.4 Å². The highest BCUT2D eigenvalue weighted by atomic mass is 16.5. The number of allylic oxidation sites excluding steroid dienone is 1. The van der Waals surface area contributed by atoms with Crippen LogP contribution in [0.2, 0.25) is 0 Å². The fourth-order valence-electron chi connectivity index (χ4n) is 4.09. The number of aromatic hydroxyl groups is 1. The molecule has 0 saturated heterocycles. The molecule has 3 heterocycles. The lowest BCUT2D eigenvalue weighted by Gasteiger charge is -2.25. The second kappa shape index (κ2) is 8.26.